The van der Waals surface area contributed by atoms with Crippen molar-refractivity contribution < 1.29 is 14.4 Å². The van der Waals surface area contributed by atoms with Crippen LogP contribution in [0, 0.1) is 5.92 Å². The molecule has 3 aliphatic heterocycles. The zero-order chi connectivity index (χ0) is 72.3. The number of likely N-dealkylation sites (N-methyl/N-ethyl adjacent to an activating group) is 1. The van der Waals surface area contributed by atoms with Crippen LogP contribution in [0.3, 0.4) is 0 Å². The molecule has 21 nitrogen and oxygen atoms in total. The van der Waals surface area contributed by atoms with E-state index in [0.717, 1.165) is 172 Å². The van der Waals surface area contributed by atoms with Gasteiger partial charge in [0.25, 0.3) is 11.8 Å². The number of pyridine rings is 4. The quantitative estimate of drug-likeness (QED) is 0.0348. The highest BCUT2D eigenvalue weighted by Gasteiger charge is 2.28. The van der Waals surface area contributed by atoms with E-state index in [4.69, 9.17) is 0 Å². The Morgan fingerprint density at radius 2 is 1.04 bits per heavy atom. The summed E-state index contributed by atoms with van der Waals surface area (Å²) in [5.41, 5.74) is 19.6. The average Bonchev–Trinajstić information content (AvgIpc) is 1.59. The first-order valence-electron chi connectivity index (χ1n) is 37.0. The first kappa shape index (κ1) is 70.6. The fraction of sp³-hybridized carbons (Fsp3) is 0.298. The third-order valence-corrected chi connectivity index (χ3v) is 20.7. The number of fused-ring (bicyclic) bond motifs is 4. The molecule has 0 spiro atoms. The molecule has 538 valence electrons. The molecule has 1 saturated carbocycles. The van der Waals surface area contributed by atoms with Crippen molar-refractivity contribution in [1.82, 2.24) is 58.5 Å². The second-order valence-electron chi connectivity index (χ2n) is 27.8. The van der Waals surface area contributed by atoms with E-state index in [1.165, 1.54) is 56.7 Å². The normalized spacial score (nSPS) is 14.7. The highest BCUT2D eigenvalue weighted by atomic mass is 16.2. The van der Waals surface area contributed by atoms with E-state index in [0.29, 0.717) is 18.7 Å². The van der Waals surface area contributed by atoms with Crippen LogP contribution >= 0.6 is 0 Å². The number of H-pyrrole nitrogens is 1. The van der Waals surface area contributed by atoms with Crippen molar-refractivity contribution in [3.8, 4) is 33.8 Å². The molecule has 105 heavy (non-hydrogen) atoms. The van der Waals surface area contributed by atoms with E-state index in [1.54, 1.807) is 31.6 Å². The maximum atomic E-state index is 12.5. The van der Waals surface area contributed by atoms with Gasteiger partial charge in [-0.1, -0.05) is 64.4 Å². The predicted molar refractivity (Wildman–Crippen MR) is 423 cm³/mol. The molecular weight excluding hydrogens is 1310 g/mol. The van der Waals surface area contributed by atoms with Crippen LogP contribution in [0.2, 0.25) is 0 Å². The molecule has 12 aromatic rings. The Morgan fingerprint density at radius 1 is 0.552 bits per heavy atom. The number of aromatic amines is 1. The van der Waals surface area contributed by atoms with E-state index < -0.39 is 0 Å². The number of ketones is 1. The summed E-state index contributed by atoms with van der Waals surface area (Å²) in [7, 11) is 0. The highest BCUT2D eigenvalue weighted by Crippen LogP contribution is 2.34. The number of amides is 2. The number of aromatic nitrogens is 7. The van der Waals surface area contributed by atoms with Crippen LogP contribution in [0.1, 0.15) is 96.9 Å². The molecule has 0 radical (unpaired) electrons. The fourth-order valence-electron chi connectivity index (χ4n) is 14.3. The van der Waals surface area contributed by atoms with Crippen molar-refractivity contribution in [3.05, 3.63) is 240 Å². The number of Topliss-reactive ketones (excluding diaryl/α,β-unsaturated/α-hetero) is 1. The minimum atomic E-state index is -0.118. The third-order valence-electron chi connectivity index (χ3n) is 20.7. The average molecular weight is 1400 g/mol. The Kier molecular flexibility index (Phi) is 21.9. The summed E-state index contributed by atoms with van der Waals surface area (Å²) < 4.78 is 6.12. The Labute approximate surface area is 613 Å². The van der Waals surface area contributed by atoms with Crippen molar-refractivity contribution in [2.45, 2.75) is 72.9 Å². The standard InChI is InChI=1S/C30H35N5O.C28H30N6O2.C26H28N6O/c1-22(2)14-16-33-18-20-34(21-19-33)27-10-8-26(9-11-27)32-28-12-13-29(35-17-15-31-30(28)35)25-6-4-24(5-7-25)23(3)36;1-3-33(4-2)15-13-30-27(35)19-5-8-22(9-6-19)32-24-11-12-25(34-16-14-29-26(24)34)20-7-10-23-21(17-20)18-31-28(23)36;33-25-18-19(10-11-27-25)24-9-8-23(26-28-12-13-32(24)26)29-20-4-6-22(7-5-20)31-16-14-30(15-17-31)21-2-1-3-21/h4-13,15,17,22,32H,14,16,18-21H2,1-3H3;5-12,14,16-17,32H,3-4,13,15,18H2,1-2H3,(H,30,35)(H,31,36);4-13,18,21,29H,1-3,14-17H2,(H,27,33). The van der Waals surface area contributed by atoms with Gasteiger partial charge >= 0.3 is 0 Å². The number of nitrogens with one attached hydrogen (secondary N) is 6. The van der Waals surface area contributed by atoms with Gasteiger partial charge in [0.05, 0.1) is 34.1 Å². The van der Waals surface area contributed by atoms with Gasteiger partial charge in [-0.2, -0.15) is 0 Å². The summed E-state index contributed by atoms with van der Waals surface area (Å²) in [4.78, 5) is 76.6. The third kappa shape index (κ3) is 16.5. The molecule has 0 atom stereocenters. The van der Waals surface area contributed by atoms with Crippen LogP contribution in [0.4, 0.5) is 45.5 Å². The van der Waals surface area contributed by atoms with Gasteiger partial charge in [0, 0.05) is 178 Å². The van der Waals surface area contributed by atoms with Gasteiger partial charge in [0.15, 0.2) is 22.7 Å². The van der Waals surface area contributed by atoms with E-state index in [-0.39, 0.29) is 23.2 Å². The summed E-state index contributed by atoms with van der Waals surface area (Å²) in [5.74, 6) is 0.748. The number of benzene rings is 5. The molecule has 2 amide bonds. The topological polar surface area (TPSA) is 212 Å². The largest absolute Gasteiger partial charge is 0.369 e. The zero-order valence-electron chi connectivity index (χ0n) is 60.6. The van der Waals surface area contributed by atoms with Crippen LogP contribution < -0.4 is 41.9 Å². The molecule has 7 aromatic heterocycles. The van der Waals surface area contributed by atoms with Gasteiger partial charge in [-0.3, -0.25) is 42.2 Å². The Hall–Kier alpha value is -11.4. The van der Waals surface area contributed by atoms with Crippen LogP contribution in [-0.2, 0) is 6.54 Å². The van der Waals surface area contributed by atoms with E-state index in [9.17, 15) is 19.2 Å². The van der Waals surface area contributed by atoms with Gasteiger partial charge in [-0.25, -0.2) is 15.0 Å². The monoisotopic (exact) mass is 1400 g/mol. The Balaban J connectivity index is 0.000000133. The van der Waals surface area contributed by atoms with E-state index >= 15 is 0 Å². The van der Waals surface area contributed by atoms with Gasteiger partial charge in [-0.15, -0.1) is 0 Å². The fourth-order valence-corrected chi connectivity index (χ4v) is 14.3. The smallest absolute Gasteiger partial charge is 0.251 e. The number of hydrogen-bond donors (Lipinski definition) is 6. The van der Waals surface area contributed by atoms with Gasteiger partial charge < -0.3 is 46.3 Å². The van der Waals surface area contributed by atoms with Crippen molar-refractivity contribution >= 4 is 80.0 Å². The predicted octanol–water partition coefficient (Wildman–Crippen LogP) is 14.3. The lowest BCUT2D eigenvalue weighted by Crippen LogP contribution is -2.52. The van der Waals surface area contributed by atoms with Crippen molar-refractivity contribution in [2.75, 3.05) is 111 Å². The minimum absolute atomic E-state index is 0.0213. The Bertz CT molecular complexity index is 5040. The number of carbonyl (C=O) groups excluding carboxylic acids is 3. The van der Waals surface area contributed by atoms with Crippen LogP contribution in [0.5, 0.6) is 0 Å². The highest BCUT2D eigenvalue weighted by molar-refractivity contribution is 5.99. The van der Waals surface area contributed by atoms with Gasteiger partial charge in [-0.05, 0) is 196 Å². The summed E-state index contributed by atoms with van der Waals surface area (Å²) in [6.45, 7) is 24.6. The minimum Gasteiger partial charge on any atom is -0.369 e. The van der Waals surface area contributed by atoms with Crippen molar-refractivity contribution in [2.24, 2.45) is 5.92 Å². The summed E-state index contributed by atoms with van der Waals surface area (Å²) in [6.07, 6.45) is 18.3. The van der Waals surface area contributed by atoms with Crippen LogP contribution in [0.25, 0.3) is 50.7 Å². The molecule has 6 N–H and O–H groups in total. The molecule has 3 fully saturated rings. The second-order valence-corrected chi connectivity index (χ2v) is 27.8. The zero-order valence-corrected chi connectivity index (χ0v) is 60.6. The Morgan fingerprint density at radius 3 is 1.52 bits per heavy atom. The second kappa shape index (κ2) is 32.5. The number of carbonyl (C=O) groups is 3. The molecule has 0 unspecified atom stereocenters. The molecule has 5 aromatic carbocycles. The van der Waals surface area contributed by atoms with Crippen molar-refractivity contribution in [1.29, 1.82) is 0 Å². The van der Waals surface area contributed by atoms with Crippen molar-refractivity contribution in [3.63, 3.8) is 0 Å². The number of nitrogens with zero attached hydrogens (tertiary/aromatic N) is 11. The van der Waals surface area contributed by atoms with E-state index in [2.05, 4.69) is 170 Å². The summed E-state index contributed by atoms with van der Waals surface area (Å²) >= 11 is 0. The van der Waals surface area contributed by atoms with Gasteiger partial charge in [0.2, 0.25) is 5.56 Å². The first-order chi connectivity index (χ1) is 51.3. The lowest BCUT2D eigenvalue weighted by atomic mass is 9.91. The number of rotatable bonds is 22. The van der Waals surface area contributed by atoms with Crippen LogP contribution in [-0.4, -0.2) is 157 Å². The maximum absolute atomic E-state index is 12.5. The number of piperazine rings is 2. The van der Waals surface area contributed by atoms with Crippen LogP contribution in [0.15, 0.2) is 212 Å². The SMILES string of the molecule is CC(=O)c1ccc(-c2ccc(Nc3ccc(N4CCN(CCC(C)C)CC4)cc3)c3nccn23)cc1.CCN(CC)CCNC(=O)c1ccc(Nc2ccc(-c3ccc4c(c3)CNC4=O)n3ccnc23)cc1.O=c1cc(-c2ccc(Nc3ccc(N4CCN(C5CCC5)CC4)cc3)c3nccn23)cc[nH]1. The molecule has 10 heterocycles. The number of imidazole rings is 3. The maximum Gasteiger partial charge on any atom is 0.251 e. The number of anilines is 8. The molecular formula is C84H93N17O4. The summed E-state index contributed by atoms with van der Waals surface area (Å²) in [5, 5.41) is 16.3. The molecule has 16 rings (SSSR count). The number of hydrogen-bond acceptors (Lipinski definition) is 15. The lowest BCUT2D eigenvalue weighted by Gasteiger charge is -2.43. The molecule has 21 heteroatoms. The molecule has 1 aliphatic carbocycles. The molecule has 2 saturated heterocycles. The molecule has 0 bridgehead atoms. The first-order valence-corrected chi connectivity index (χ1v) is 37.0. The van der Waals surface area contributed by atoms with Gasteiger partial charge in [0.1, 0.15) is 0 Å². The summed E-state index contributed by atoms with van der Waals surface area (Å²) in [6, 6.07) is 55.1. The lowest BCUT2D eigenvalue weighted by molar-refractivity contribution is 0.0945. The van der Waals surface area contributed by atoms with E-state index in [1.807, 2.05) is 125 Å². The molecule has 4 aliphatic rings.